The summed E-state index contributed by atoms with van der Waals surface area (Å²) < 4.78 is 0. The van der Waals surface area contributed by atoms with Crippen LogP contribution in [-0.2, 0) is 4.79 Å². The maximum absolute atomic E-state index is 10.9. The summed E-state index contributed by atoms with van der Waals surface area (Å²) in [5.41, 5.74) is 4.49. The van der Waals surface area contributed by atoms with Gasteiger partial charge in [-0.3, -0.25) is 4.79 Å². The zero-order valence-corrected chi connectivity index (χ0v) is 13.0. The first-order valence-corrected chi connectivity index (χ1v) is 7.47. The van der Waals surface area contributed by atoms with Crippen LogP contribution in [0.2, 0.25) is 0 Å². The van der Waals surface area contributed by atoms with Gasteiger partial charge in [0.2, 0.25) is 0 Å². The van der Waals surface area contributed by atoms with Crippen LogP contribution in [0.15, 0.2) is 18.2 Å². The average molecular weight is 289 g/mol. The van der Waals surface area contributed by atoms with Crippen molar-refractivity contribution in [2.45, 2.75) is 40.0 Å². The van der Waals surface area contributed by atoms with E-state index in [1.165, 1.54) is 11.1 Å². The van der Waals surface area contributed by atoms with Gasteiger partial charge < -0.3 is 5.11 Å². The second-order valence-corrected chi connectivity index (χ2v) is 6.48. The summed E-state index contributed by atoms with van der Waals surface area (Å²) >= 11 is 1.59. The molecule has 1 N–H and O–H groups in total. The molecular formula is C16H19NO2S. The van der Waals surface area contributed by atoms with Crippen molar-refractivity contribution < 1.29 is 9.90 Å². The molecule has 0 radical (unpaired) electrons. The van der Waals surface area contributed by atoms with E-state index in [2.05, 4.69) is 37.0 Å². The lowest BCUT2D eigenvalue weighted by atomic mass is 9.99. The molecule has 0 bridgehead atoms. The number of nitrogens with zero attached hydrogens (tertiary/aromatic N) is 1. The number of hydrogen-bond acceptors (Lipinski definition) is 3. The topological polar surface area (TPSA) is 50.2 Å². The number of hydrogen-bond donors (Lipinski definition) is 1. The third-order valence-corrected chi connectivity index (χ3v) is 4.67. The fourth-order valence-electron chi connectivity index (χ4n) is 2.23. The van der Waals surface area contributed by atoms with Gasteiger partial charge in [0.1, 0.15) is 0 Å². The average Bonchev–Trinajstić information content (AvgIpc) is 2.74. The van der Waals surface area contributed by atoms with Crippen molar-refractivity contribution in [3.05, 3.63) is 39.2 Å². The summed E-state index contributed by atoms with van der Waals surface area (Å²) in [7, 11) is 0. The molecule has 1 aromatic carbocycles. The first-order valence-electron chi connectivity index (χ1n) is 6.65. The van der Waals surface area contributed by atoms with Gasteiger partial charge in [-0.2, -0.15) is 0 Å². The van der Waals surface area contributed by atoms with E-state index in [0.29, 0.717) is 0 Å². The molecule has 0 aliphatic carbocycles. The molecule has 3 nitrogen and oxygen atoms in total. The standard InChI is InChI=1S/C16H19NO2S/c1-9-5-6-13(7-10(9)2)15-16(20-12(4)17-15)11(3)8-14(18)19/h5-7,11H,8H2,1-4H3,(H,18,19). The summed E-state index contributed by atoms with van der Waals surface area (Å²) in [5, 5.41) is 9.96. The van der Waals surface area contributed by atoms with Crippen molar-refractivity contribution in [3.63, 3.8) is 0 Å². The molecule has 4 heteroatoms. The minimum Gasteiger partial charge on any atom is -0.481 e. The third-order valence-electron chi connectivity index (χ3n) is 3.47. The minimum atomic E-state index is -0.769. The van der Waals surface area contributed by atoms with E-state index in [9.17, 15) is 4.79 Å². The molecule has 0 spiro atoms. The fourth-order valence-corrected chi connectivity index (χ4v) is 3.23. The van der Waals surface area contributed by atoms with Crippen LogP contribution in [0, 0.1) is 20.8 Å². The van der Waals surface area contributed by atoms with Gasteiger partial charge in [-0.25, -0.2) is 4.98 Å². The normalized spacial score (nSPS) is 12.4. The van der Waals surface area contributed by atoms with E-state index in [1.807, 2.05) is 13.8 Å². The molecule has 0 fully saturated rings. The van der Waals surface area contributed by atoms with Gasteiger partial charge in [0, 0.05) is 16.4 Å². The predicted molar refractivity (Wildman–Crippen MR) is 82.4 cm³/mol. The second-order valence-electron chi connectivity index (χ2n) is 5.24. The molecule has 1 unspecified atom stereocenters. The van der Waals surface area contributed by atoms with Crippen LogP contribution in [0.4, 0.5) is 0 Å². The van der Waals surface area contributed by atoms with E-state index >= 15 is 0 Å². The van der Waals surface area contributed by atoms with Gasteiger partial charge in [-0.05, 0) is 38.0 Å². The summed E-state index contributed by atoms with van der Waals surface area (Å²) in [6, 6.07) is 6.28. The Morgan fingerprint density at radius 3 is 2.60 bits per heavy atom. The molecule has 0 aliphatic rings. The number of aryl methyl sites for hydroxylation is 3. The smallest absolute Gasteiger partial charge is 0.303 e. The molecular weight excluding hydrogens is 270 g/mol. The minimum absolute atomic E-state index is 0.0182. The Morgan fingerprint density at radius 2 is 2.00 bits per heavy atom. The van der Waals surface area contributed by atoms with Crippen molar-refractivity contribution in [2.24, 2.45) is 0 Å². The van der Waals surface area contributed by atoms with Crippen molar-refractivity contribution >= 4 is 17.3 Å². The van der Waals surface area contributed by atoms with Gasteiger partial charge in [0.25, 0.3) is 0 Å². The summed E-state index contributed by atoms with van der Waals surface area (Å²) in [4.78, 5) is 16.6. The number of carbonyl (C=O) groups is 1. The molecule has 1 atom stereocenters. The highest BCUT2D eigenvalue weighted by molar-refractivity contribution is 7.12. The van der Waals surface area contributed by atoms with Crippen molar-refractivity contribution in [3.8, 4) is 11.3 Å². The summed E-state index contributed by atoms with van der Waals surface area (Å²) in [6.07, 6.45) is 0.138. The highest BCUT2D eigenvalue weighted by atomic mass is 32.1. The van der Waals surface area contributed by atoms with Crippen molar-refractivity contribution in [1.82, 2.24) is 4.98 Å². The molecule has 0 saturated carbocycles. The van der Waals surface area contributed by atoms with Gasteiger partial charge >= 0.3 is 5.97 Å². The first-order chi connectivity index (χ1) is 9.38. The van der Waals surface area contributed by atoms with E-state index in [1.54, 1.807) is 11.3 Å². The van der Waals surface area contributed by atoms with Crippen LogP contribution in [-0.4, -0.2) is 16.1 Å². The van der Waals surface area contributed by atoms with Crippen LogP contribution in [0.3, 0.4) is 0 Å². The summed E-state index contributed by atoms with van der Waals surface area (Å²) in [6.45, 7) is 8.08. The third kappa shape index (κ3) is 3.07. The Hall–Kier alpha value is -1.68. The highest BCUT2D eigenvalue weighted by Gasteiger charge is 2.19. The second kappa shape index (κ2) is 5.75. The van der Waals surface area contributed by atoms with Crippen LogP contribution >= 0.6 is 11.3 Å². The maximum Gasteiger partial charge on any atom is 0.303 e. The van der Waals surface area contributed by atoms with Gasteiger partial charge in [0.05, 0.1) is 17.1 Å². The van der Waals surface area contributed by atoms with Crippen molar-refractivity contribution in [1.29, 1.82) is 0 Å². The lowest BCUT2D eigenvalue weighted by Gasteiger charge is -2.10. The molecule has 1 heterocycles. The zero-order valence-electron chi connectivity index (χ0n) is 12.2. The van der Waals surface area contributed by atoms with E-state index < -0.39 is 5.97 Å². The van der Waals surface area contributed by atoms with Crippen LogP contribution < -0.4 is 0 Å². The number of thiazole rings is 1. The number of rotatable bonds is 4. The van der Waals surface area contributed by atoms with E-state index in [4.69, 9.17) is 5.11 Å². The maximum atomic E-state index is 10.9. The lowest BCUT2D eigenvalue weighted by Crippen LogP contribution is -2.02. The Kier molecular flexibility index (Phi) is 4.23. The largest absolute Gasteiger partial charge is 0.481 e. The van der Waals surface area contributed by atoms with E-state index in [-0.39, 0.29) is 12.3 Å². The van der Waals surface area contributed by atoms with Crippen LogP contribution in [0.25, 0.3) is 11.3 Å². The first kappa shape index (κ1) is 14.7. The van der Waals surface area contributed by atoms with Gasteiger partial charge in [0.15, 0.2) is 0 Å². The Balaban J connectivity index is 2.45. The number of carboxylic acid groups (broad SMARTS) is 1. The lowest BCUT2D eigenvalue weighted by molar-refractivity contribution is -0.137. The zero-order chi connectivity index (χ0) is 14.9. The van der Waals surface area contributed by atoms with Gasteiger partial charge in [-0.1, -0.05) is 19.1 Å². The predicted octanol–water partition coefficient (Wildman–Crippen LogP) is 4.31. The molecule has 0 aliphatic heterocycles. The Labute approximate surface area is 123 Å². The molecule has 2 aromatic rings. The fraction of sp³-hybridized carbons (Fsp3) is 0.375. The van der Waals surface area contributed by atoms with Crippen molar-refractivity contribution in [2.75, 3.05) is 0 Å². The number of carboxylic acids is 1. The summed E-state index contributed by atoms with van der Waals surface area (Å²) in [5.74, 6) is -0.787. The van der Waals surface area contributed by atoms with Crippen LogP contribution in [0.1, 0.15) is 40.3 Å². The molecule has 2 rings (SSSR count). The van der Waals surface area contributed by atoms with Crippen LogP contribution in [0.5, 0.6) is 0 Å². The Bertz CT molecular complexity index is 646. The SMILES string of the molecule is Cc1nc(-c2ccc(C)c(C)c2)c(C(C)CC(=O)O)s1. The molecule has 1 aromatic heterocycles. The quantitative estimate of drug-likeness (QED) is 0.912. The van der Waals surface area contributed by atoms with E-state index in [0.717, 1.165) is 21.1 Å². The number of benzene rings is 1. The molecule has 0 amide bonds. The molecule has 0 saturated heterocycles. The molecule has 20 heavy (non-hydrogen) atoms. The molecule has 106 valence electrons. The highest BCUT2D eigenvalue weighted by Crippen LogP contribution is 2.35. The van der Waals surface area contributed by atoms with Gasteiger partial charge in [-0.15, -0.1) is 11.3 Å². The Morgan fingerprint density at radius 1 is 1.30 bits per heavy atom. The number of aliphatic carboxylic acids is 1. The monoisotopic (exact) mass is 289 g/mol. The number of aromatic nitrogens is 1.